The fraction of sp³-hybridized carbons (Fsp3) is 0.542. The summed E-state index contributed by atoms with van der Waals surface area (Å²) in [6.07, 6.45) is 5.31. The number of rotatable bonds is 6. The third-order valence-electron chi connectivity index (χ3n) is 4.15. The van der Waals surface area contributed by atoms with Crippen molar-refractivity contribution in [2.45, 2.75) is 80.6 Å². The second-order valence-electron chi connectivity index (χ2n) is 6.34. The van der Waals surface area contributed by atoms with Crippen LogP contribution in [0.1, 0.15) is 83.9 Å². The van der Waals surface area contributed by atoms with Crippen LogP contribution in [0.4, 0.5) is 4.39 Å². The summed E-state index contributed by atoms with van der Waals surface area (Å²) >= 11 is 0. The van der Waals surface area contributed by atoms with E-state index < -0.39 is 0 Å². The average molecular weight is 376 g/mol. The predicted molar refractivity (Wildman–Crippen MR) is 116 cm³/mol. The molecule has 0 aliphatic heterocycles. The SMILES string of the molecule is CC.CC.CCCCc1cnc(-c2cc(C(C)C)c(F)cc2OC)c(C)c1. The highest BCUT2D eigenvalue weighted by atomic mass is 19.1. The lowest BCUT2D eigenvalue weighted by molar-refractivity contribution is 0.412. The second kappa shape index (κ2) is 13.3. The standard InChI is InChI=1S/C20H26FNO.2C2H6/c1-6-7-8-15-9-14(4)20(22-12-15)17-10-16(13(2)3)18(21)11-19(17)23-5;2*1-2/h9-13H,6-8H2,1-5H3;2*1-2H3. The Balaban J connectivity index is 0.00000158. The number of methoxy groups -OCH3 is 1. The Morgan fingerprint density at radius 3 is 2.19 bits per heavy atom. The lowest BCUT2D eigenvalue weighted by atomic mass is 9.96. The van der Waals surface area contributed by atoms with Crippen molar-refractivity contribution in [2.75, 3.05) is 7.11 Å². The van der Waals surface area contributed by atoms with Gasteiger partial charge in [-0.05, 0) is 48.4 Å². The zero-order valence-corrected chi connectivity index (χ0v) is 18.7. The van der Waals surface area contributed by atoms with Crippen molar-refractivity contribution in [3.05, 3.63) is 46.9 Å². The van der Waals surface area contributed by atoms with Gasteiger partial charge in [0, 0.05) is 17.8 Å². The minimum Gasteiger partial charge on any atom is -0.496 e. The van der Waals surface area contributed by atoms with Crippen LogP contribution in [0.5, 0.6) is 5.75 Å². The van der Waals surface area contributed by atoms with E-state index in [1.807, 2.05) is 53.8 Å². The maximum absolute atomic E-state index is 14.2. The van der Waals surface area contributed by atoms with Gasteiger partial charge < -0.3 is 4.74 Å². The summed E-state index contributed by atoms with van der Waals surface area (Å²) in [5.74, 6) is 0.422. The van der Waals surface area contributed by atoms with E-state index in [4.69, 9.17) is 4.74 Å². The number of pyridine rings is 1. The molecule has 2 nitrogen and oxygen atoms in total. The van der Waals surface area contributed by atoms with E-state index in [-0.39, 0.29) is 11.7 Å². The Morgan fingerprint density at radius 2 is 1.70 bits per heavy atom. The molecule has 1 heterocycles. The molecule has 27 heavy (non-hydrogen) atoms. The van der Waals surface area contributed by atoms with E-state index in [9.17, 15) is 4.39 Å². The molecule has 0 aliphatic carbocycles. The lowest BCUT2D eigenvalue weighted by Crippen LogP contribution is -2.00. The molecule has 0 spiro atoms. The molecule has 0 saturated carbocycles. The predicted octanol–water partition coefficient (Wildman–Crippen LogP) is 7.72. The smallest absolute Gasteiger partial charge is 0.131 e. The molecule has 0 saturated heterocycles. The topological polar surface area (TPSA) is 22.1 Å². The number of ether oxygens (including phenoxy) is 1. The highest BCUT2D eigenvalue weighted by Crippen LogP contribution is 2.35. The maximum Gasteiger partial charge on any atom is 0.131 e. The fourth-order valence-corrected chi connectivity index (χ4v) is 2.80. The Hall–Kier alpha value is -1.90. The van der Waals surface area contributed by atoms with E-state index in [2.05, 4.69) is 24.9 Å². The van der Waals surface area contributed by atoms with Gasteiger partial charge in [-0.1, -0.05) is 61.0 Å². The first-order chi connectivity index (χ1) is 13.0. The second-order valence-corrected chi connectivity index (χ2v) is 6.34. The number of nitrogens with zero attached hydrogens (tertiary/aromatic N) is 1. The van der Waals surface area contributed by atoms with Gasteiger partial charge in [0.05, 0.1) is 12.8 Å². The number of halogens is 1. The number of hydrogen-bond acceptors (Lipinski definition) is 2. The highest BCUT2D eigenvalue weighted by molar-refractivity contribution is 5.71. The van der Waals surface area contributed by atoms with Crippen LogP contribution in [0, 0.1) is 12.7 Å². The summed E-state index contributed by atoms with van der Waals surface area (Å²) in [4.78, 5) is 4.64. The van der Waals surface area contributed by atoms with Gasteiger partial charge in [-0.15, -0.1) is 0 Å². The number of aromatic nitrogens is 1. The van der Waals surface area contributed by atoms with Crippen LogP contribution in [-0.4, -0.2) is 12.1 Å². The van der Waals surface area contributed by atoms with Gasteiger partial charge in [-0.25, -0.2) is 4.39 Å². The Morgan fingerprint density at radius 1 is 1.07 bits per heavy atom. The molecule has 1 aromatic heterocycles. The lowest BCUT2D eigenvalue weighted by Gasteiger charge is -2.15. The summed E-state index contributed by atoms with van der Waals surface area (Å²) in [6, 6.07) is 5.52. The van der Waals surface area contributed by atoms with Crippen molar-refractivity contribution in [3.8, 4) is 17.0 Å². The molecule has 2 aromatic rings. The van der Waals surface area contributed by atoms with Gasteiger partial charge in [-0.3, -0.25) is 4.98 Å². The molecule has 0 atom stereocenters. The van der Waals surface area contributed by atoms with Crippen molar-refractivity contribution in [2.24, 2.45) is 0 Å². The number of hydrogen-bond donors (Lipinski definition) is 0. The summed E-state index contributed by atoms with van der Waals surface area (Å²) in [7, 11) is 1.57. The quantitative estimate of drug-likeness (QED) is 0.515. The minimum absolute atomic E-state index is 0.115. The highest BCUT2D eigenvalue weighted by Gasteiger charge is 2.16. The largest absolute Gasteiger partial charge is 0.496 e. The van der Waals surface area contributed by atoms with Gasteiger partial charge in [0.15, 0.2) is 0 Å². The molecule has 152 valence electrons. The van der Waals surface area contributed by atoms with E-state index in [1.54, 1.807) is 7.11 Å². The van der Waals surface area contributed by atoms with E-state index in [0.29, 0.717) is 11.3 Å². The van der Waals surface area contributed by atoms with Gasteiger partial charge in [0.25, 0.3) is 0 Å². The summed E-state index contributed by atoms with van der Waals surface area (Å²) < 4.78 is 19.6. The first-order valence-corrected chi connectivity index (χ1v) is 10.3. The van der Waals surface area contributed by atoms with E-state index >= 15 is 0 Å². The molecular weight excluding hydrogens is 337 g/mol. The third kappa shape index (κ3) is 6.97. The first-order valence-electron chi connectivity index (χ1n) is 10.3. The zero-order chi connectivity index (χ0) is 21.0. The Labute approximate surface area is 166 Å². The van der Waals surface area contributed by atoms with Crippen molar-refractivity contribution in [3.63, 3.8) is 0 Å². The fourth-order valence-electron chi connectivity index (χ4n) is 2.80. The molecular formula is C24H38FNO. The van der Waals surface area contributed by atoms with E-state index in [1.165, 1.54) is 18.1 Å². The van der Waals surface area contributed by atoms with E-state index in [0.717, 1.165) is 29.7 Å². The van der Waals surface area contributed by atoms with Crippen molar-refractivity contribution in [1.82, 2.24) is 4.98 Å². The molecule has 0 N–H and O–H groups in total. The molecule has 0 bridgehead atoms. The number of aryl methyl sites for hydroxylation is 2. The monoisotopic (exact) mass is 375 g/mol. The molecule has 0 radical (unpaired) electrons. The third-order valence-corrected chi connectivity index (χ3v) is 4.15. The van der Waals surface area contributed by atoms with Crippen molar-refractivity contribution in [1.29, 1.82) is 0 Å². The molecule has 0 amide bonds. The Kier molecular flexibility index (Phi) is 12.4. The number of unbranched alkanes of at least 4 members (excludes halogenated alkanes) is 1. The molecule has 0 fully saturated rings. The molecule has 0 aliphatic rings. The molecule has 2 rings (SSSR count). The zero-order valence-electron chi connectivity index (χ0n) is 18.7. The van der Waals surface area contributed by atoms with Crippen LogP contribution in [0.2, 0.25) is 0 Å². The average Bonchev–Trinajstić information content (AvgIpc) is 2.69. The molecule has 1 aromatic carbocycles. The van der Waals surface area contributed by atoms with Crippen LogP contribution < -0.4 is 4.74 Å². The summed E-state index contributed by atoms with van der Waals surface area (Å²) in [5.41, 5.74) is 4.76. The summed E-state index contributed by atoms with van der Waals surface area (Å²) in [5, 5.41) is 0. The van der Waals surface area contributed by atoms with Crippen molar-refractivity contribution < 1.29 is 9.13 Å². The van der Waals surface area contributed by atoms with Gasteiger partial charge in [-0.2, -0.15) is 0 Å². The van der Waals surface area contributed by atoms with Crippen LogP contribution in [0.25, 0.3) is 11.3 Å². The van der Waals surface area contributed by atoms with Crippen LogP contribution >= 0.6 is 0 Å². The van der Waals surface area contributed by atoms with Gasteiger partial charge in [0.1, 0.15) is 11.6 Å². The van der Waals surface area contributed by atoms with Crippen LogP contribution in [0.3, 0.4) is 0 Å². The van der Waals surface area contributed by atoms with Crippen LogP contribution in [0.15, 0.2) is 24.4 Å². The van der Waals surface area contributed by atoms with Gasteiger partial charge in [0.2, 0.25) is 0 Å². The van der Waals surface area contributed by atoms with Gasteiger partial charge >= 0.3 is 0 Å². The molecule has 3 heteroatoms. The first kappa shape index (κ1) is 25.1. The minimum atomic E-state index is -0.224. The van der Waals surface area contributed by atoms with Crippen molar-refractivity contribution >= 4 is 0 Å². The normalized spacial score (nSPS) is 9.89. The number of benzene rings is 1. The Bertz CT molecular complexity index is 680. The summed E-state index contributed by atoms with van der Waals surface area (Å²) in [6.45, 7) is 16.2. The van der Waals surface area contributed by atoms with Crippen LogP contribution in [-0.2, 0) is 6.42 Å². The molecule has 0 unspecified atom stereocenters. The maximum atomic E-state index is 14.2.